The highest BCUT2D eigenvalue weighted by molar-refractivity contribution is 5.86. The first kappa shape index (κ1) is 29.6. The van der Waals surface area contributed by atoms with Crippen molar-refractivity contribution >= 4 is 12.4 Å². The van der Waals surface area contributed by atoms with Gasteiger partial charge in [-0.1, -0.05) is 95.2 Å². The molecular formula is C32H48N2O2. The molecule has 2 rings (SSSR count). The quantitative estimate of drug-likeness (QED) is 0.330. The Hall–Kier alpha value is -2.62. The van der Waals surface area contributed by atoms with E-state index in [2.05, 4.69) is 105 Å². The maximum Gasteiger partial charge on any atom is 0.128 e. The molecule has 36 heavy (non-hydrogen) atoms. The SMILES string of the molecule is CC(C)(C)c1cc(C=NCCN=Cc2cc(C(C)(C)C)cc(C(C)(C)C)c2O)c(O)c(C(C)(C)C)c1. The second-order valence-corrected chi connectivity index (χ2v) is 14.0. The molecule has 0 aliphatic heterocycles. The average molecular weight is 493 g/mol. The second-order valence-electron chi connectivity index (χ2n) is 14.0. The van der Waals surface area contributed by atoms with Gasteiger partial charge in [0, 0.05) is 34.7 Å². The number of nitrogens with zero attached hydrogens (tertiary/aromatic N) is 2. The predicted molar refractivity (Wildman–Crippen MR) is 156 cm³/mol. The minimum atomic E-state index is -0.173. The summed E-state index contributed by atoms with van der Waals surface area (Å²) in [6.07, 6.45) is 3.51. The van der Waals surface area contributed by atoms with Gasteiger partial charge in [-0.25, -0.2) is 0 Å². The summed E-state index contributed by atoms with van der Waals surface area (Å²) in [5.74, 6) is 0.586. The van der Waals surface area contributed by atoms with Gasteiger partial charge in [0.25, 0.3) is 0 Å². The van der Waals surface area contributed by atoms with Gasteiger partial charge in [0.2, 0.25) is 0 Å². The molecule has 0 aliphatic carbocycles. The van der Waals surface area contributed by atoms with Crippen molar-refractivity contribution in [3.8, 4) is 11.5 Å². The Labute approximate surface area is 219 Å². The van der Waals surface area contributed by atoms with Gasteiger partial charge in [-0.05, 0) is 44.9 Å². The van der Waals surface area contributed by atoms with Crippen molar-refractivity contribution < 1.29 is 10.2 Å². The summed E-state index contributed by atoms with van der Waals surface area (Å²) < 4.78 is 0. The largest absolute Gasteiger partial charge is 0.507 e. The molecule has 4 heteroatoms. The Morgan fingerprint density at radius 2 is 0.833 bits per heavy atom. The number of aliphatic imine (C=N–C) groups is 2. The van der Waals surface area contributed by atoms with Crippen LogP contribution in [0.15, 0.2) is 34.3 Å². The molecule has 0 heterocycles. The van der Waals surface area contributed by atoms with Gasteiger partial charge in [-0.3, -0.25) is 9.98 Å². The molecule has 0 saturated heterocycles. The van der Waals surface area contributed by atoms with E-state index in [1.54, 1.807) is 12.4 Å². The van der Waals surface area contributed by atoms with E-state index in [0.717, 1.165) is 22.3 Å². The smallest absolute Gasteiger partial charge is 0.128 e. The van der Waals surface area contributed by atoms with Crippen LogP contribution in [0.3, 0.4) is 0 Å². The van der Waals surface area contributed by atoms with E-state index in [1.807, 2.05) is 12.1 Å². The summed E-state index contributed by atoms with van der Waals surface area (Å²) in [4.78, 5) is 9.11. The topological polar surface area (TPSA) is 65.2 Å². The van der Waals surface area contributed by atoms with Gasteiger partial charge in [-0.15, -0.1) is 0 Å². The van der Waals surface area contributed by atoms with Gasteiger partial charge in [0.1, 0.15) is 11.5 Å². The van der Waals surface area contributed by atoms with Crippen LogP contribution in [0.2, 0.25) is 0 Å². The van der Waals surface area contributed by atoms with E-state index < -0.39 is 0 Å². The number of hydrogen-bond acceptors (Lipinski definition) is 4. The normalized spacial score (nSPS) is 13.8. The maximum absolute atomic E-state index is 10.9. The standard InChI is InChI=1S/C32H48N2O2/c1-29(2,3)23-15-21(27(35)25(17-23)31(7,8)9)19-33-13-14-34-20-22-16-24(30(4,5)6)18-26(28(22)36)32(10,11)12/h15-20,35-36H,13-14H2,1-12H3. The van der Waals surface area contributed by atoms with Crippen LogP contribution in [0.4, 0.5) is 0 Å². The van der Waals surface area contributed by atoms with E-state index in [4.69, 9.17) is 0 Å². The summed E-state index contributed by atoms with van der Waals surface area (Å²) in [5, 5.41) is 21.9. The molecule has 0 atom stereocenters. The van der Waals surface area contributed by atoms with Crippen molar-refractivity contribution in [2.75, 3.05) is 13.1 Å². The number of benzene rings is 2. The Kier molecular flexibility index (Phi) is 8.55. The highest BCUT2D eigenvalue weighted by Gasteiger charge is 2.25. The number of phenolic OH excluding ortho intramolecular Hbond substituents is 2. The summed E-state index contributed by atoms with van der Waals surface area (Å²) in [6.45, 7) is 26.7. The van der Waals surface area contributed by atoms with Gasteiger partial charge in [-0.2, -0.15) is 0 Å². The Bertz CT molecular complexity index is 1040. The van der Waals surface area contributed by atoms with Crippen LogP contribution in [-0.2, 0) is 21.7 Å². The van der Waals surface area contributed by atoms with Crippen LogP contribution >= 0.6 is 0 Å². The van der Waals surface area contributed by atoms with Crippen molar-refractivity contribution in [3.63, 3.8) is 0 Å². The highest BCUT2D eigenvalue weighted by atomic mass is 16.3. The predicted octanol–water partition coefficient (Wildman–Crippen LogP) is 7.83. The summed E-state index contributed by atoms with van der Waals surface area (Å²) >= 11 is 0. The molecule has 0 bridgehead atoms. The van der Waals surface area contributed by atoms with E-state index in [1.165, 1.54) is 11.1 Å². The van der Waals surface area contributed by atoms with E-state index in [-0.39, 0.29) is 21.7 Å². The molecule has 0 radical (unpaired) electrons. The zero-order valence-corrected chi connectivity index (χ0v) is 24.7. The number of phenols is 2. The molecule has 198 valence electrons. The highest BCUT2D eigenvalue weighted by Crippen LogP contribution is 2.38. The van der Waals surface area contributed by atoms with Crippen molar-refractivity contribution in [3.05, 3.63) is 57.6 Å². The molecule has 0 unspecified atom stereocenters. The lowest BCUT2D eigenvalue weighted by Gasteiger charge is -2.27. The molecule has 0 amide bonds. The summed E-state index contributed by atoms with van der Waals surface area (Å²) in [6, 6.07) is 8.28. The van der Waals surface area contributed by atoms with Crippen LogP contribution in [0.25, 0.3) is 0 Å². The molecule has 0 saturated carbocycles. The third-order valence-corrected chi connectivity index (χ3v) is 6.45. The monoisotopic (exact) mass is 492 g/mol. The molecule has 0 aromatic heterocycles. The molecule has 2 aromatic rings. The lowest BCUT2D eigenvalue weighted by Crippen LogP contribution is -2.17. The number of rotatable bonds is 5. The zero-order valence-electron chi connectivity index (χ0n) is 24.7. The van der Waals surface area contributed by atoms with Crippen LogP contribution in [0, 0.1) is 0 Å². The molecule has 0 aliphatic rings. The van der Waals surface area contributed by atoms with Crippen molar-refractivity contribution in [2.45, 2.75) is 105 Å². The first-order valence-electron chi connectivity index (χ1n) is 13.0. The van der Waals surface area contributed by atoms with Crippen LogP contribution < -0.4 is 0 Å². The third-order valence-electron chi connectivity index (χ3n) is 6.45. The van der Waals surface area contributed by atoms with Crippen molar-refractivity contribution in [1.82, 2.24) is 0 Å². The lowest BCUT2D eigenvalue weighted by molar-refractivity contribution is 0.443. The van der Waals surface area contributed by atoms with Gasteiger partial charge < -0.3 is 10.2 Å². The van der Waals surface area contributed by atoms with Gasteiger partial charge >= 0.3 is 0 Å². The first-order valence-corrected chi connectivity index (χ1v) is 13.0. The Morgan fingerprint density at radius 3 is 1.08 bits per heavy atom. The second kappa shape index (κ2) is 10.4. The third kappa shape index (κ3) is 7.44. The molecule has 4 nitrogen and oxygen atoms in total. The minimum Gasteiger partial charge on any atom is -0.507 e. The fourth-order valence-corrected chi connectivity index (χ4v) is 3.96. The fraction of sp³-hybridized carbons (Fsp3) is 0.562. The molecular weight excluding hydrogens is 444 g/mol. The zero-order chi connectivity index (χ0) is 27.7. The minimum absolute atomic E-state index is 0.0317. The van der Waals surface area contributed by atoms with Crippen LogP contribution in [0.1, 0.15) is 116 Å². The Morgan fingerprint density at radius 1 is 0.528 bits per heavy atom. The van der Waals surface area contributed by atoms with Crippen LogP contribution in [-0.4, -0.2) is 35.7 Å². The van der Waals surface area contributed by atoms with Crippen LogP contribution in [0.5, 0.6) is 11.5 Å². The molecule has 0 spiro atoms. The summed E-state index contributed by atoms with van der Waals surface area (Å²) in [5.41, 5.74) is 5.27. The van der Waals surface area contributed by atoms with E-state index in [9.17, 15) is 10.2 Å². The molecule has 0 fully saturated rings. The number of hydrogen-bond donors (Lipinski definition) is 2. The molecule has 2 aromatic carbocycles. The Balaban J connectivity index is 2.27. The summed E-state index contributed by atoms with van der Waals surface area (Å²) in [7, 11) is 0. The fourth-order valence-electron chi connectivity index (χ4n) is 3.96. The number of aromatic hydroxyl groups is 2. The van der Waals surface area contributed by atoms with Gasteiger partial charge in [0.05, 0.1) is 13.1 Å². The van der Waals surface area contributed by atoms with Crippen molar-refractivity contribution in [2.24, 2.45) is 9.98 Å². The molecule has 2 N–H and O–H groups in total. The van der Waals surface area contributed by atoms with E-state index in [0.29, 0.717) is 24.6 Å². The average Bonchev–Trinajstić information content (AvgIpc) is 2.69. The maximum atomic E-state index is 10.9. The first-order chi connectivity index (χ1) is 16.2. The van der Waals surface area contributed by atoms with Gasteiger partial charge in [0.15, 0.2) is 0 Å². The lowest BCUT2D eigenvalue weighted by atomic mass is 9.79. The van der Waals surface area contributed by atoms with E-state index >= 15 is 0 Å². The van der Waals surface area contributed by atoms with Crippen molar-refractivity contribution in [1.29, 1.82) is 0 Å².